The topological polar surface area (TPSA) is 27.3 Å². The molecule has 3 nitrogen and oxygen atoms in total. The highest BCUT2D eigenvalue weighted by Gasteiger charge is 2.09. The predicted molar refractivity (Wildman–Crippen MR) is 122 cm³/mol. The molecular weight excluding hydrogens is 338 g/mol. The average molecular weight is 376 g/mol. The maximum Gasteiger partial charge on any atom is 0.0167 e. The second kappa shape index (κ2) is 12.9. The van der Waals surface area contributed by atoms with Crippen LogP contribution in [0.2, 0.25) is 0 Å². The second-order valence-corrected chi connectivity index (χ2v) is 8.84. The number of hydrogen-bond acceptors (Lipinski definition) is 3. The number of rotatable bonds is 13. The lowest BCUT2D eigenvalue weighted by Gasteiger charge is -2.25. The van der Waals surface area contributed by atoms with E-state index in [1.54, 1.807) is 0 Å². The fourth-order valence-corrected chi connectivity index (χ4v) is 3.38. The Labute approximate surface area is 163 Å². The van der Waals surface area contributed by atoms with Crippen LogP contribution in [-0.4, -0.2) is 43.1 Å². The van der Waals surface area contributed by atoms with Crippen molar-refractivity contribution < 1.29 is 0 Å². The molecule has 0 heterocycles. The molecule has 0 saturated carbocycles. The molecule has 1 aromatic rings. The van der Waals surface area contributed by atoms with Gasteiger partial charge in [-0.15, -0.1) is 10.7 Å². The van der Waals surface area contributed by atoms with Gasteiger partial charge < -0.3 is 10.6 Å². The Bertz CT molecular complexity index is 578. The molecule has 1 rings (SSSR count). The first kappa shape index (κ1) is 22.7. The molecule has 0 amide bonds. The van der Waals surface area contributed by atoms with E-state index in [2.05, 4.69) is 83.9 Å². The van der Waals surface area contributed by atoms with E-state index in [1.165, 1.54) is 17.7 Å². The highest BCUT2D eigenvalue weighted by atomic mass is 32.2. The smallest absolute Gasteiger partial charge is 0.0167 e. The summed E-state index contributed by atoms with van der Waals surface area (Å²) in [6, 6.07) is 10.5. The third-order valence-corrected chi connectivity index (χ3v) is 5.43. The van der Waals surface area contributed by atoms with Crippen LogP contribution in [0.1, 0.15) is 38.7 Å². The van der Waals surface area contributed by atoms with Crippen molar-refractivity contribution in [3.8, 4) is 0 Å². The van der Waals surface area contributed by atoms with Crippen molar-refractivity contribution in [3.63, 3.8) is 0 Å². The first-order valence-corrected chi connectivity index (χ1v) is 11.2. The van der Waals surface area contributed by atoms with Gasteiger partial charge >= 0.3 is 0 Å². The zero-order valence-electron chi connectivity index (χ0n) is 17.1. The van der Waals surface area contributed by atoms with Crippen molar-refractivity contribution in [1.29, 1.82) is 0 Å². The standard InChI is InChI=1S/C22H37N3S/c1-19(2)13-16-25(26(5)6)17-14-22(24-20(3)12-15-23-4)18-21-10-8-7-9-11-21/h7-11,18-19,23-24H,3,5,12-17H2,1-2,4,6H3/b22-18+. The van der Waals surface area contributed by atoms with Gasteiger partial charge in [-0.1, -0.05) is 56.6 Å². The van der Waals surface area contributed by atoms with Crippen LogP contribution in [0.15, 0.2) is 48.3 Å². The van der Waals surface area contributed by atoms with Gasteiger partial charge in [-0.05, 0) is 43.7 Å². The molecule has 146 valence electrons. The van der Waals surface area contributed by atoms with Crippen LogP contribution in [0.5, 0.6) is 0 Å². The summed E-state index contributed by atoms with van der Waals surface area (Å²) in [5, 5.41) is 6.72. The zero-order valence-corrected chi connectivity index (χ0v) is 17.9. The van der Waals surface area contributed by atoms with Crippen molar-refractivity contribution in [3.05, 3.63) is 53.9 Å². The lowest BCUT2D eigenvalue weighted by Crippen LogP contribution is -2.24. The Morgan fingerprint density at radius 2 is 1.88 bits per heavy atom. The Hall–Kier alpha value is -1.36. The van der Waals surface area contributed by atoms with Crippen molar-refractivity contribution >= 4 is 22.6 Å². The maximum absolute atomic E-state index is 4.27. The molecule has 0 spiro atoms. The third-order valence-electron chi connectivity index (χ3n) is 4.18. The minimum atomic E-state index is 0.0457. The van der Waals surface area contributed by atoms with E-state index in [1.807, 2.05) is 7.05 Å². The molecule has 4 heteroatoms. The zero-order chi connectivity index (χ0) is 19.4. The van der Waals surface area contributed by atoms with Gasteiger partial charge in [0.15, 0.2) is 0 Å². The van der Waals surface area contributed by atoms with Crippen LogP contribution in [0.3, 0.4) is 0 Å². The summed E-state index contributed by atoms with van der Waals surface area (Å²) in [4.78, 5) is 0. The third kappa shape index (κ3) is 9.95. The van der Waals surface area contributed by atoms with Gasteiger partial charge in [-0.3, -0.25) is 4.31 Å². The van der Waals surface area contributed by atoms with Gasteiger partial charge in [-0.25, -0.2) is 0 Å². The normalized spacial score (nSPS) is 13.2. The summed E-state index contributed by atoms with van der Waals surface area (Å²) in [5.41, 5.74) is 3.49. The molecular formula is C22H37N3S. The van der Waals surface area contributed by atoms with Crippen molar-refractivity contribution in [2.24, 2.45) is 5.92 Å². The van der Waals surface area contributed by atoms with Crippen LogP contribution in [-0.2, 0) is 0 Å². The SMILES string of the molecule is C=C(CCNC)N/C(=C/c1ccccc1)CCN(CCC(C)C)S(=C)C. The minimum Gasteiger partial charge on any atom is -0.363 e. The largest absolute Gasteiger partial charge is 0.363 e. The summed E-state index contributed by atoms with van der Waals surface area (Å²) in [7, 11) is 2.02. The molecule has 1 atom stereocenters. The fraction of sp³-hybridized carbons (Fsp3) is 0.500. The average Bonchev–Trinajstić information content (AvgIpc) is 2.60. The van der Waals surface area contributed by atoms with Gasteiger partial charge in [0.2, 0.25) is 0 Å². The highest BCUT2D eigenvalue weighted by molar-refractivity contribution is 8.11. The Morgan fingerprint density at radius 1 is 1.19 bits per heavy atom. The molecule has 0 aliphatic heterocycles. The number of benzene rings is 1. The number of hydrogen-bond donors (Lipinski definition) is 2. The van der Waals surface area contributed by atoms with E-state index < -0.39 is 0 Å². The summed E-state index contributed by atoms with van der Waals surface area (Å²) >= 11 is 0. The molecule has 2 N–H and O–H groups in total. The first-order chi connectivity index (χ1) is 12.4. The molecule has 0 radical (unpaired) electrons. The van der Waals surface area contributed by atoms with E-state index in [4.69, 9.17) is 0 Å². The van der Waals surface area contributed by atoms with Crippen molar-refractivity contribution in [1.82, 2.24) is 14.9 Å². The fourth-order valence-electron chi connectivity index (χ4n) is 2.56. The highest BCUT2D eigenvalue weighted by Crippen LogP contribution is 2.18. The monoisotopic (exact) mass is 375 g/mol. The Morgan fingerprint density at radius 3 is 2.46 bits per heavy atom. The van der Waals surface area contributed by atoms with Crippen LogP contribution in [0.25, 0.3) is 6.08 Å². The van der Waals surface area contributed by atoms with Gasteiger partial charge in [0.25, 0.3) is 0 Å². The van der Waals surface area contributed by atoms with Crippen molar-refractivity contribution in [2.45, 2.75) is 33.1 Å². The summed E-state index contributed by atoms with van der Waals surface area (Å²) < 4.78 is 2.50. The van der Waals surface area contributed by atoms with Gasteiger partial charge in [-0.2, -0.15) is 0 Å². The van der Waals surface area contributed by atoms with E-state index >= 15 is 0 Å². The van der Waals surface area contributed by atoms with Crippen LogP contribution >= 0.6 is 10.7 Å². The van der Waals surface area contributed by atoms with Crippen LogP contribution < -0.4 is 10.6 Å². The number of nitrogens with one attached hydrogen (secondary N) is 2. The van der Waals surface area contributed by atoms with Gasteiger partial charge in [0.1, 0.15) is 0 Å². The Kier molecular flexibility index (Phi) is 11.3. The van der Waals surface area contributed by atoms with Gasteiger partial charge in [0, 0.05) is 37.4 Å². The van der Waals surface area contributed by atoms with Crippen LogP contribution in [0, 0.1) is 5.92 Å². The van der Waals surface area contributed by atoms with E-state index in [9.17, 15) is 0 Å². The maximum atomic E-state index is 4.27. The summed E-state index contributed by atoms with van der Waals surface area (Å²) in [5.74, 6) is 4.99. The Balaban J connectivity index is 2.78. The predicted octanol–water partition coefficient (Wildman–Crippen LogP) is 4.72. The molecule has 0 bridgehead atoms. The molecule has 0 aliphatic rings. The lowest BCUT2D eigenvalue weighted by atomic mass is 10.1. The van der Waals surface area contributed by atoms with Gasteiger partial charge in [0.05, 0.1) is 0 Å². The van der Waals surface area contributed by atoms with E-state index in [0.717, 1.165) is 44.1 Å². The van der Waals surface area contributed by atoms with E-state index in [0.29, 0.717) is 0 Å². The summed E-state index contributed by atoms with van der Waals surface area (Å²) in [6.07, 6.45) is 7.56. The lowest BCUT2D eigenvalue weighted by molar-refractivity contribution is 0.420. The molecule has 0 fully saturated rings. The molecule has 0 saturated heterocycles. The molecule has 1 unspecified atom stereocenters. The second-order valence-electron chi connectivity index (χ2n) is 7.12. The molecule has 1 aromatic carbocycles. The van der Waals surface area contributed by atoms with Crippen LogP contribution in [0.4, 0.5) is 0 Å². The minimum absolute atomic E-state index is 0.0457. The number of nitrogens with zero attached hydrogens (tertiary/aromatic N) is 1. The van der Waals surface area contributed by atoms with Crippen molar-refractivity contribution in [2.75, 3.05) is 32.9 Å². The summed E-state index contributed by atoms with van der Waals surface area (Å²) in [6.45, 7) is 11.8. The molecule has 26 heavy (non-hydrogen) atoms. The first-order valence-electron chi connectivity index (χ1n) is 9.48. The molecule has 0 aliphatic carbocycles. The molecule has 0 aromatic heterocycles. The quantitative estimate of drug-likeness (QED) is 0.488. The van der Waals surface area contributed by atoms with E-state index in [-0.39, 0.29) is 10.7 Å².